The zero-order valence-electron chi connectivity index (χ0n) is 12.2. The molecule has 4 heterocycles. The summed E-state index contributed by atoms with van der Waals surface area (Å²) in [6.45, 7) is 0. The molecular weight excluding hydrogens is 298 g/mol. The van der Waals surface area contributed by atoms with Crippen molar-refractivity contribution in [2.24, 2.45) is 5.92 Å². The zero-order chi connectivity index (χ0) is 14.1. The van der Waals surface area contributed by atoms with Gasteiger partial charge in [0.05, 0.1) is 5.37 Å². The Morgan fingerprint density at radius 2 is 2.19 bits per heavy atom. The summed E-state index contributed by atoms with van der Waals surface area (Å²) in [5.74, 6) is 5.98. The first-order chi connectivity index (χ1) is 10.4. The number of thioether (sulfide) groups is 2. The van der Waals surface area contributed by atoms with Crippen LogP contribution < -0.4 is 0 Å². The fraction of sp³-hybridized carbons (Fsp3) is 0.625. The van der Waals surface area contributed by atoms with E-state index in [2.05, 4.69) is 39.1 Å². The molecule has 0 radical (unpaired) electrons. The Kier molecular flexibility index (Phi) is 4.12. The molecular formula is C16H21N3S2. The molecule has 0 N–H and O–H groups in total. The van der Waals surface area contributed by atoms with Crippen LogP contribution in [-0.2, 0) is 6.42 Å². The van der Waals surface area contributed by atoms with Gasteiger partial charge in [0.1, 0.15) is 11.3 Å². The average Bonchev–Trinajstić information content (AvgIpc) is 3.14. The Morgan fingerprint density at radius 3 is 3.00 bits per heavy atom. The first-order valence-electron chi connectivity index (χ1n) is 7.93. The topological polar surface area (TPSA) is 30.7 Å². The number of imidazole rings is 1. The quantitative estimate of drug-likeness (QED) is 0.850. The molecule has 0 bridgehead atoms. The average molecular weight is 319 g/mol. The maximum Gasteiger partial charge on any atom is 0.160 e. The van der Waals surface area contributed by atoms with Gasteiger partial charge in [0.2, 0.25) is 0 Å². The molecule has 2 aliphatic rings. The van der Waals surface area contributed by atoms with Crippen molar-refractivity contribution in [2.45, 2.75) is 37.5 Å². The lowest BCUT2D eigenvalue weighted by Gasteiger charge is -2.22. The fourth-order valence-electron chi connectivity index (χ4n) is 3.41. The van der Waals surface area contributed by atoms with Gasteiger partial charge in [-0.2, -0.15) is 11.8 Å². The fourth-order valence-corrected chi connectivity index (χ4v) is 5.88. The Morgan fingerprint density at radius 1 is 1.24 bits per heavy atom. The molecule has 5 heteroatoms. The molecule has 2 saturated heterocycles. The Balaban J connectivity index is 1.70. The molecule has 0 saturated carbocycles. The van der Waals surface area contributed by atoms with E-state index in [1.54, 1.807) is 0 Å². The zero-order valence-corrected chi connectivity index (χ0v) is 13.8. The van der Waals surface area contributed by atoms with E-state index in [1.807, 2.05) is 12.3 Å². The third-order valence-electron chi connectivity index (χ3n) is 4.44. The van der Waals surface area contributed by atoms with Crippen LogP contribution in [-0.4, -0.2) is 31.8 Å². The highest BCUT2D eigenvalue weighted by Crippen LogP contribution is 2.39. The lowest BCUT2D eigenvalue weighted by molar-refractivity contribution is 0.490. The maximum absolute atomic E-state index is 4.93. The van der Waals surface area contributed by atoms with Crippen LogP contribution in [0, 0.1) is 5.92 Å². The summed E-state index contributed by atoms with van der Waals surface area (Å²) in [6, 6.07) is 4.11. The number of hydrogen-bond donors (Lipinski definition) is 0. The lowest BCUT2D eigenvalue weighted by atomic mass is 10.0. The summed E-state index contributed by atoms with van der Waals surface area (Å²) in [4.78, 5) is 9.55. The molecule has 2 aromatic rings. The highest BCUT2D eigenvalue weighted by atomic mass is 32.2. The Bertz CT molecular complexity index is 613. The van der Waals surface area contributed by atoms with Crippen molar-refractivity contribution in [3.8, 4) is 0 Å². The van der Waals surface area contributed by atoms with Crippen LogP contribution in [0.5, 0.6) is 0 Å². The molecule has 0 spiro atoms. The number of aromatic nitrogens is 3. The van der Waals surface area contributed by atoms with Gasteiger partial charge >= 0.3 is 0 Å². The van der Waals surface area contributed by atoms with E-state index in [9.17, 15) is 0 Å². The van der Waals surface area contributed by atoms with Gasteiger partial charge in [0.15, 0.2) is 5.65 Å². The van der Waals surface area contributed by atoms with Gasteiger partial charge in [0, 0.05) is 12.6 Å². The molecule has 2 fully saturated rings. The molecule has 0 aromatic carbocycles. The van der Waals surface area contributed by atoms with Crippen molar-refractivity contribution < 1.29 is 0 Å². The highest BCUT2D eigenvalue weighted by Gasteiger charge is 2.25. The summed E-state index contributed by atoms with van der Waals surface area (Å²) in [7, 11) is 0. The van der Waals surface area contributed by atoms with Crippen molar-refractivity contribution >= 4 is 34.7 Å². The first-order valence-corrected chi connectivity index (χ1v) is 10.1. The molecule has 2 unspecified atom stereocenters. The van der Waals surface area contributed by atoms with E-state index in [0.717, 1.165) is 23.5 Å². The lowest BCUT2D eigenvalue weighted by Crippen LogP contribution is -2.17. The van der Waals surface area contributed by atoms with Crippen molar-refractivity contribution in [3.63, 3.8) is 0 Å². The molecule has 0 amide bonds. The number of pyridine rings is 1. The van der Waals surface area contributed by atoms with Crippen LogP contribution in [0.2, 0.25) is 0 Å². The molecule has 2 atom stereocenters. The van der Waals surface area contributed by atoms with E-state index in [4.69, 9.17) is 4.98 Å². The van der Waals surface area contributed by atoms with Crippen molar-refractivity contribution in [2.75, 3.05) is 17.3 Å². The van der Waals surface area contributed by atoms with E-state index >= 15 is 0 Å². The van der Waals surface area contributed by atoms with Gasteiger partial charge in [-0.3, -0.25) is 4.57 Å². The predicted octanol–water partition coefficient (Wildman–Crippen LogP) is 4.14. The Labute approximate surface area is 134 Å². The summed E-state index contributed by atoms with van der Waals surface area (Å²) in [5.41, 5.74) is 2.17. The van der Waals surface area contributed by atoms with Crippen LogP contribution >= 0.6 is 23.5 Å². The molecule has 2 aromatic heterocycles. The van der Waals surface area contributed by atoms with Gasteiger partial charge in [0.25, 0.3) is 0 Å². The highest BCUT2D eigenvalue weighted by molar-refractivity contribution is 7.99. The standard InChI is InChI=1S/C16H21N3S2/c1-5-13-16(17-7-1)19(15-6-3-9-21-15)14(18-13)10-12-4-2-8-20-11-12/h1,5,7,12,15H,2-4,6,8-11H2. The summed E-state index contributed by atoms with van der Waals surface area (Å²) >= 11 is 4.18. The Hall–Kier alpha value is -0.680. The molecule has 21 heavy (non-hydrogen) atoms. The third kappa shape index (κ3) is 2.82. The minimum atomic E-state index is 0.552. The van der Waals surface area contributed by atoms with Crippen LogP contribution in [0.3, 0.4) is 0 Å². The van der Waals surface area contributed by atoms with E-state index in [0.29, 0.717) is 5.37 Å². The summed E-state index contributed by atoms with van der Waals surface area (Å²) < 4.78 is 2.45. The van der Waals surface area contributed by atoms with Gasteiger partial charge in [-0.05, 0) is 61.0 Å². The number of rotatable bonds is 3. The number of hydrogen-bond acceptors (Lipinski definition) is 4. The molecule has 3 nitrogen and oxygen atoms in total. The van der Waals surface area contributed by atoms with Crippen molar-refractivity contribution in [3.05, 3.63) is 24.2 Å². The first kappa shape index (κ1) is 13.9. The predicted molar refractivity (Wildman–Crippen MR) is 92.0 cm³/mol. The minimum Gasteiger partial charge on any atom is -0.300 e. The monoisotopic (exact) mass is 319 g/mol. The van der Waals surface area contributed by atoms with E-state index < -0.39 is 0 Å². The van der Waals surface area contributed by atoms with Gasteiger partial charge in [-0.15, -0.1) is 11.8 Å². The van der Waals surface area contributed by atoms with Gasteiger partial charge in [-0.1, -0.05) is 0 Å². The normalized spacial score (nSPS) is 26.5. The number of fused-ring (bicyclic) bond motifs is 1. The second-order valence-corrected chi connectivity index (χ2v) is 8.43. The van der Waals surface area contributed by atoms with Crippen molar-refractivity contribution in [1.82, 2.24) is 14.5 Å². The maximum atomic E-state index is 4.93. The number of nitrogens with zero attached hydrogens (tertiary/aromatic N) is 3. The second-order valence-electron chi connectivity index (χ2n) is 6.00. The molecule has 0 aliphatic carbocycles. The van der Waals surface area contributed by atoms with Crippen molar-refractivity contribution in [1.29, 1.82) is 0 Å². The molecule has 4 rings (SSSR count). The third-order valence-corrected chi connectivity index (χ3v) is 7.08. The van der Waals surface area contributed by atoms with Gasteiger partial charge in [-0.25, -0.2) is 9.97 Å². The van der Waals surface area contributed by atoms with Crippen LogP contribution in [0.15, 0.2) is 18.3 Å². The smallest absolute Gasteiger partial charge is 0.160 e. The van der Waals surface area contributed by atoms with Gasteiger partial charge < -0.3 is 0 Å². The summed E-state index contributed by atoms with van der Waals surface area (Å²) in [6.07, 6.45) is 8.34. The SMILES string of the molecule is c1cnc2c(c1)nc(CC1CCCSC1)n2C1CCCS1. The van der Waals surface area contributed by atoms with E-state index in [1.165, 1.54) is 48.8 Å². The summed E-state index contributed by atoms with van der Waals surface area (Å²) in [5, 5.41) is 0.552. The molecule has 112 valence electrons. The largest absolute Gasteiger partial charge is 0.300 e. The second kappa shape index (κ2) is 6.21. The minimum absolute atomic E-state index is 0.552. The molecule has 2 aliphatic heterocycles. The van der Waals surface area contributed by atoms with Crippen LogP contribution in [0.1, 0.15) is 36.9 Å². The van der Waals surface area contributed by atoms with E-state index in [-0.39, 0.29) is 0 Å². The van der Waals surface area contributed by atoms with Crippen LogP contribution in [0.25, 0.3) is 11.2 Å². The van der Waals surface area contributed by atoms with Crippen LogP contribution in [0.4, 0.5) is 0 Å².